The van der Waals surface area contributed by atoms with Gasteiger partial charge in [-0.25, -0.2) is 12.2 Å². The van der Waals surface area contributed by atoms with Crippen molar-refractivity contribution in [2.75, 3.05) is 0 Å². The largest absolute Gasteiger partial charge is 4.00 e. The summed E-state index contributed by atoms with van der Waals surface area (Å²) in [6.07, 6.45) is 18.4. The fourth-order valence-corrected chi connectivity index (χ4v) is 2.87. The van der Waals surface area contributed by atoms with E-state index in [1.54, 1.807) is 24.3 Å². The van der Waals surface area contributed by atoms with Crippen molar-refractivity contribution in [1.82, 2.24) is 0 Å². The van der Waals surface area contributed by atoms with E-state index in [9.17, 15) is 10.2 Å². The molecule has 0 radical (unpaired) electrons. The summed E-state index contributed by atoms with van der Waals surface area (Å²) in [5.74, 6) is 1.56. The molecule has 0 spiro atoms. The van der Waals surface area contributed by atoms with Gasteiger partial charge in [-0.15, -0.1) is 17.9 Å². The standard InChI is InChI=1S/C18H18.2C6H6O.C5H5.C4H9.Ti/c1-15-7-11-17(12-8-15)5-3-4-6-18-13-9-16(2)10-14-18;2*7-6-4-2-1-3-5-6;1-2-4-5-3-1;1-4(2)3;/h3-14H,1-2H3;2*1-5,7H;1-3H,4H2;1-3H3;/q;;;2*-1;+4/p-2. The topological polar surface area (TPSA) is 46.1 Å². The molecule has 0 saturated heterocycles. The van der Waals surface area contributed by atoms with Crippen LogP contribution in [0.2, 0.25) is 0 Å². The molecule has 0 unspecified atom stereocenters. The van der Waals surface area contributed by atoms with E-state index < -0.39 is 0 Å². The molecule has 0 bridgehead atoms. The van der Waals surface area contributed by atoms with Crippen LogP contribution in [-0.4, -0.2) is 0 Å². The summed E-state index contributed by atoms with van der Waals surface area (Å²) in [6, 6.07) is 33.7. The van der Waals surface area contributed by atoms with Gasteiger partial charge < -0.3 is 16.1 Å². The maximum absolute atomic E-state index is 10.3. The third-order valence-electron chi connectivity index (χ3n) is 4.92. The molecule has 4 aromatic carbocycles. The molecule has 1 aliphatic carbocycles. The number of hydrogen-bond donors (Lipinski definition) is 0. The molecule has 0 atom stereocenters. The van der Waals surface area contributed by atoms with Crippen LogP contribution < -0.4 is 10.2 Å². The Morgan fingerprint density at radius 1 is 0.595 bits per heavy atom. The molecule has 3 heteroatoms. The molecule has 4 aromatic rings. The predicted octanol–water partition coefficient (Wildman–Crippen LogP) is 9.47. The van der Waals surface area contributed by atoms with E-state index in [0.717, 1.165) is 6.42 Å². The molecule has 2 nitrogen and oxygen atoms in total. The second kappa shape index (κ2) is 24.9. The maximum atomic E-state index is 10.3. The van der Waals surface area contributed by atoms with E-state index in [0.29, 0.717) is 0 Å². The van der Waals surface area contributed by atoms with Crippen LogP contribution in [0.1, 0.15) is 49.4 Å². The van der Waals surface area contributed by atoms with Crippen LogP contribution in [0, 0.1) is 25.8 Å². The quantitative estimate of drug-likeness (QED) is 0.136. The molecule has 1 aliphatic rings. The average molecular weight is 591 g/mol. The van der Waals surface area contributed by atoms with Crippen molar-refractivity contribution in [3.8, 4) is 11.5 Å². The summed E-state index contributed by atoms with van der Waals surface area (Å²) in [4.78, 5) is 0. The molecule has 0 N–H and O–H groups in total. The molecule has 42 heavy (non-hydrogen) atoms. The SMILES string of the molecule is C[C-](C)C.Cc1ccc(C=CC=Cc2ccc(C)cc2)cc1.[C-]1=CC=CC1.[O-]c1ccccc1.[O-]c1ccccc1.[Ti+4]. The third kappa shape index (κ3) is 22.9. The smallest absolute Gasteiger partial charge is 0.872 e. The Hall–Kier alpha value is -3.85. The molecule has 0 aromatic heterocycles. The summed E-state index contributed by atoms with van der Waals surface area (Å²) in [5.41, 5.74) is 5.05. The summed E-state index contributed by atoms with van der Waals surface area (Å²) < 4.78 is 0. The molecular formula is C39H42O2Ti. The van der Waals surface area contributed by atoms with Gasteiger partial charge in [-0.1, -0.05) is 145 Å². The molecule has 0 fully saturated rings. The van der Waals surface area contributed by atoms with Gasteiger partial charge in [-0.3, -0.25) is 6.08 Å². The van der Waals surface area contributed by atoms with Gasteiger partial charge in [0.15, 0.2) is 0 Å². The number of para-hydroxylation sites is 2. The molecule has 0 saturated carbocycles. The number of benzene rings is 4. The van der Waals surface area contributed by atoms with Crippen molar-refractivity contribution < 1.29 is 31.9 Å². The second-order valence-electron chi connectivity index (χ2n) is 9.67. The zero-order valence-corrected chi connectivity index (χ0v) is 27.0. The maximum Gasteiger partial charge on any atom is 4.00 e. The van der Waals surface area contributed by atoms with Crippen molar-refractivity contribution in [1.29, 1.82) is 0 Å². The van der Waals surface area contributed by atoms with Crippen LogP contribution in [-0.2, 0) is 21.7 Å². The van der Waals surface area contributed by atoms with Crippen LogP contribution in [0.3, 0.4) is 0 Å². The van der Waals surface area contributed by atoms with Crippen molar-refractivity contribution in [3.63, 3.8) is 0 Å². The first-order chi connectivity index (χ1) is 19.8. The van der Waals surface area contributed by atoms with Crippen LogP contribution in [0.4, 0.5) is 0 Å². The number of hydrogen-bond acceptors (Lipinski definition) is 2. The van der Waals surface area contributed by atoms with E-state index in [-0.39, 0.29) is 33.2 Å². The van der Waals surface area contributed by atoms with Gasteiger partial charge in [0.25, 0.3) is 0 Å². The second-order valence-corrected chi connectivity index (χ2v) is 9.67. The zero-order chi connectivity index (χ0) is 30.1. The molecular weight excluding hydrogens is 548 g/mol. The van der Waals surface area contributed by atoms with E-state index in [4.69, 9.17) is 0 Å². The van der Waals surface area contributed by atoms with E-state index >= 15 is 0 Å². The minimum Gasteiger partial charge on any atom is -0.872 e. The van der Waals surface area contributed by atoms with Gasteiger partial charge in [0, 0.05) is 0 Å². The van der Waals surface area contributed by atoms with Crippen LogP contribution in [0.25, 0.3) is 12.2 Å². The van der Waals surface area contributed by atoms with Gasteiger partial charge in [-0.2, -0.15) is 26.8 Å². The molecule has 0 heterocycles. The monoisotopic (exact) mass is 590 g/mol. The van der Waals surface area contributed by atoms with E-state index in [1.165, 1.54) is 52.4 Å². The van der Waals surface area contributed by atoms with Crippen molar-refractivity contribution in [3.05, 3.63) is 174 Å². The molecule has 5 rings (SSSR count). The fourth-order valence-electron chi connectivity index (χ4n) is 2.87. The van der Waals surface area contributed by atoms with Crippen LogP contribution in [0.15, 0.2) is 140 Å². The summed E-state index contributed by atoms with van der Waals surface area (Å²) in [7, 11) is 0. The van der Waals surface area contributed by atoms with Crippen molar-refractivity contribution >= 4 is 12.2 Å². The predicted molar refractivity (Wildman–Crippen MR) is 174 cm³/mol. The molecule has 0 aliphatic heterocycles. The van der Waals surface area contributed by atoms with Crippen LogP contribution in [0.5, 0.6) is 11.5 Å². The Kier molecular flexibility index (Phi) is 22.6. The minimum atomic E-state index is 0. The molecule has 214 valence electrons. The Labute approximate surface area is 269 Å². The number of rotatable bonds is 3. The number of allylic oxidation sites excluding steroid dienone is 6. The van der Waals surface area contributed by atoms with E-state index in [1.807, 2.05) is 24.3 Å². The fraction of sp³-hybridized carbons (Fsp3) is 0.154. The van der Waals surface area contributed by atoms with Gasteiger partial charge in [-0.05, 0) is 25.0 Å². The van der Waals surface area contributed by atoms with Crippen LogP contribution >= 0.6 is 0 Å². The van der Waals surface area contributed by atoms with Gasteiger partial charge in [0.2, 0.25) is 0 Å². The Balaban J connectivity index is 0.000000576. The normalized spacial score (nSPS) is 10.7. The van der Waals surface area contributed by atoms with Gasteiger partial charge >= 0.3 is 21.7 Å². The van der Waals surface area contributed by atoms with E-state index in [2.05, 4.69) is 120 Å². The van der Waals surface area contributed by atoms with Crippen molar-refractivity contribution in [2.24, 2.45) is 0 Å². The number of aryl methyl sites for hydroxylation is 2. The summed E-state index contributed by atoms with van der Waals surface area (Å²) >= 11 is 0. The van der Waals surface area contributed by atoms with Gasteiger partial charge in [0.05, 0.1) is 0 Å². The van der Waals surface area contributed by atoms with Crippen molar-refractivity contribution in [2.45, 2.75) is 41.0 Å². The zero-order valence-electron chi connectivity index (χ0n) is 25.5. The average Bonchev–Trinajstić information content (AvgIpc) is 3.55. The first-order valence-electron chi connectivity index (χ1n) is 13.7. The Bertz CT molecular complexity index is 1180. The summed E-state index contributed by atoms with van der Waals surface area (Å²) in [6.45, 7) is 10.5. The first kappa shape index (κ1) is 38.2. The Morgan fingerprint density at radius 3 is 1.17 bits per heavy atom. The third-order valence-corrected chi connectivity index (χ3v) is 4.92. The Morgan fingerprint density at radius 2 is 0.952 bits per heavy atom. The minimum absolute atomic E-state index is 0. The summed E-state index contributed by atoms with van der Waals surface area (Å²) in [5, 5.41) is 20.5. The first-order valence-corrected chi connectivity index (χ1v) is 13.7. The molecule has 0 amide bonds. The van der Waals surface area contributed by atoms with Gasteiger partial charge in [0.1, 0.15) is 0 Å².